The second kappa shape index (κ2) is 7.06. The van der Waals surface area contributed by atoms with E-state index >= 15 is 0 Å². The van der Waals surface area contributed by atoms with Crippen molar-refractivity contribution in [3.8, 4) is 0 Å². The zero-order chi connectivity index (χ0) is 14.5. The molecule has 0 aliphatic heterocycles. The maximum atomic E-state index is 12.4. The van der Waals surface area contributed by atoms with Crippen LogP contribution in [0.5, 0.6) is 0 Å². The zero-order valence-corrected chi connectivity index (χ0v) is 12.8. The summed E-state index contributed by atoms with van der Waals surface area (Å²) in [4.78, 5) is 1.95. The van der Waals surface area contributed by atoms with Gasteiger partial charge in [-0.2, -0.15) is 0 Å². The fourth-order valence-corrected chi connectivity index (χ4v) is 3.28. The molecule has 0 fully saturated rings. The number of hydrogen-bond donors (Lipinski definition) is 1. The molecule has 1 atom stereocenters. The number of aliphatic hydroxyl groups is 1. The van der Waals surface area contributed by atoms with Crippen molar-refractivity contribution in [2.45, 2.75) is 19.7 Å². The van der Waals surface area contributed by atoms with E-state index in [4.69, 9.17) is 9.05 Å². The minimum atomic E-state index is -3.53. The van der Waals surface area contributed by atoms with Crippen LogP contribution in [0.25, 0.3) is 0 Å². The van der Waals surface area contributed by atoms with Gasteiger partial charge < -0.3 is 19.1 Å². The fourth-order valence-electron chi connectivity index (χ4n) is 1.67. The Hall–Kier alpha value is -0.870. The number of nitrogens with zero attached hydrogens (tertiary/aromatic N) is 1. The lowest BCUT2D eigenvalue weighted by atomic mass is 10.2. The molecule has 0 unspecified atom stereocenters. The van der Waals surface area contributed by atoms with Gasteiger partial charge in [0.05, 0.1) is 13.2 Å². The number of benzene rings is 1. The molecular formula is C13H22NO4P. The first kappa shape index (κ1) is 16.2. The number of aliphatic hydroxyl groups excluding tert-OH is 1. The van der Waals surface area contributed by atoms with E-state index in [1.54, 1.807) is 26.0 Å². The summed E-state index contributed by atoms with van der Waals surface area (Å²) in [6, 6.07) is 7.15. The molecule has 1 aromatic rings. The Morgan fingerprint density at radius 3 is 2.00 bits per heavy atom. The van der Waals surface area contributed by atoms with E-state index in [2.05, 4.69) is 0 Å². The first-order chi connectivity index (χ1) is 8.94. The standard InChI is InChI=1S/C13H22NO4P/c1-5-17-19(16,18-6-2)13(15)11-7-9-12(10-8-11)14(3)4/h7-10,13,15H,5-6H2,1-4H3/t13-/m0/s1. The Kier molecular flexibility index (Phi) is 6.01. The van der Waals surface area contributed by atoms with Crippen LogP contribution < -0.4 is 4.90 Å². The molecule has 19 heavy (non-hydrogen) atoms. The van der Waals surface area contributed by atoms with Crippen LogP contribution in [-0.2, 0) is 13.6 Å². The van der Waals surface area contributed by atoms with E-state index in [0.29, 0.717) is 5.56 Å². The van der Waals surface area contributed by atoms with Crippen molar-refractivity contribution in [2.75, 3.05) is 32.2 Å². The van der Waals surface area contributed by atoms with Gasteiger partial charge in [0, 0.05) is 19.8 Å². The van der Waals surface area contributed by atoms with Gasteiger partial charge in [-0.1, -0.05) is 12.1 Å². The summed E-state index contributed by atoms with van der Waals surface area (Å²) in [5.74, 6) is -1.26. The molecule has 0 radical (unpaired) electrons. The Morgan fingerprint density at radius 1 is 1.16 bits per heavy atom. The quantitative estimate of drug-likeness (QED) is 0.781. The van der Waals surface area contributed by atoms with Crippen molar-refractivity contribution in [3.63, 3.8) is 0 Å². The summed E-state index contributed by atoms with van der Waals surface area (Å²) in [6.45, 7) is 3.88. The van der Waals surface area contributed by atoms with E-state index in [9.17, 15) is 9.67 Å². The van der Waals surface area contributed by atoms with E-state index in [-0.39, 0.29) is 13.2 Å². The van der Waals surface area contributed by atoms with Crippen LogP contribution in [-0.4, -0.2) is 32.4 Å². The molecule has 1 aromatic carbocycles. The van der Waals surface area contributed by atoms with Gasteiger partial charge in [-0.3, -0.25) is 4.57 Å². The predicted molar refractivity (Wildman–Crippen MR) is 76.6 cm³/mol. The molecule has 0 saturated carbocycles. The van der Waals surface area contributed by atoms with Crippen LogP contribution in [0, 0.1) is 0 Å². The molecular weight excluding hydrogens is 265 g/mol. The highest BCUT2D eigenvalue weighted by Gasteiger charge is 2.35. The van der Waals surface area contributed by atoms with Gasteiger partial charge in [0.25, 0.3) is 0 Å². The minimum Gasteiger partial charge on any atom is -0.378 e. The lowest BCUT2D eigenvalue weighted by Crippen LogP contribution is -2.09. The van der Waals surface area contributed by atoms with Gasteiger partial charge in [-0.05, 0) is 31.5 Å². The second-order valence-electron chi connectivity index (χ2n) is 4.24. The van der Waals surface area contributed by atoms with Gasteiger partial charge in [-0.15, -0.1) is 0 Å². The smallest absolute Gasteiger partial charge is 0.363 e. The topological polar surface area (TPSA) is 59.0 Å². The minimum absolute atomic E-state index is 0.226. The van der Waals surface area contributed by atoms with Crippen LogP contribution in [0.4, 0.5) is 5.69 Å². The normalized spacial score (nSPS) is 13.3. The number of anilines is 1. The molecule has 0 aromatic heterocycles. The third-order valence-corrected chi connectivity index (χ3v) is 4.76. The van der Waals surface area contributed by atoms with E-state index in [0.717, 1.165) is 5.69 Å². The predicted octanol–water partition coefficient (Wildman–Crippen LogP) is 3.01. The van der Waals surface area contributed by atoms with Crippen molar-refractivity contribution in [3.05, 3.63) is 29.8 Å². The molecule has 0 aliphatic carbocycles. The lowest BCUT2D eigenvalue weighted by Gasteiger charge is -2.23. The third kappa shape index (κ3) is 4.05. The van der Waals surface area contributed by atoms with Crippen molar-refractivity contribution in [2.24, 2.45) is 0 Å². The summed E-state index contributed by atoms with van der Waals surface area (Å²) >= 11 is 0. The largest absolute Gasteiger partial charge is 0.378 e. The lowest BCUT2D eigenvalue weighted by molar-refractivity contribution is 0.150. The summed E-state index contributed by atoms with van der Waals surface area (Å²) in [7, 11) is 0.325. The Balaban J connectivity index is 2.96. The first-order valence-electron chi connectivity index (χ1n) is 6.28. The van der Waals surface area contributed by atoms with Crippen LogP contribution in [0.15, 0.2) is 24.3 Å². The molecule has 0 spiro atoms. The molecule has 1 N–H and O–H groups in total. The van der Waals surface area contributed by atoms with Gasteiger partial charge >= 0.3 is 7.60 Å². The molecule has 1 rings (SSSR count). The molecule has 6 heteroatoms. The van der Waals surface area contributed by atoms with Crippen LogP contribution in [0.3, 0.4) is 0 Å². The highest BCUT2D eigenvalue weighted by molar-refractivity contribution is 7.54. The van der Waals surface area contributed by atoms with Gasteiger partial charge in [0.2, 0.25) is 0 Å². The van der Waals surface area contributed by atoms with Crippen molar-refractivity contribution in [1.29, 1.82) is 0 Å². The summed E-state index contributed by atoms with van der Waals surface area (Å²) < 4.78 is 22.7. The van der Waals surface area contributed by atoms with E-state index in [1.807, 2.05) is 31.1 Å². The summed E-state index contributed by atoms with van der Waals surface area (Å²) in [5.41, 5.74) is 1.52. The van der Waals surface area contributed by atoms with Crippen molar-refractivity contribution in [1.82, 2.24) is 0 Å². The highest BCUT2D eigenvalue weighted by Crippen LogP contribution is 2.59. The molecule has 0 saturated heterocycles. The van der Waals surface area contributed by atoms with Crippen LogP contribution in [0.1, 0.15) is 25.3 Å². The molecule has 0 bridgehead atoms. The van der Waals surface area contributed by atoms with E-state index < -0.39 is 13.4 Å². The van der Waals surface area contributed by atoms with Gasteiger partial charge in [-0.25, -0.2) is 0 Å². The zero-order valence-electron chi connectivity index (χ0n) is 11.9. The van der Waals surface area contributed by atoms with Crippen molar-refractivity contribution < 1.29 is 18.7 Å². The maximum Gasteiger partial charge on any atom is 0.363 e. The molecule has 5 nitrogen and oxygen atoms in total. The van der Waals surface area contributed by atoms with Crippen LogP contribution in [0.2, 0.25) is 0 Å². The number of rotatable bonds is 7. The SMILES string of the molecule is CCOP(=O)(OCC)[C@H](O)c1ccc(N(C)C)cc1. The Morgan fingerprint density at radius 2 is 1.63 bits per heavy atom. The highest BCUT2D eigenvalue weighted by atomic mass is 31.2. The Labute approximate surface area is 114 Å². The maximum absolute atomic E-state index is 12.4. The molecule has 0 aliphatic rings. The average molecular weight is 287 g/mol. The second-order valence-corrected chi connectivity index (χ2v) is 6.32. The number of hydrogen-bond acceptors (Lipinski definition) is 5. The van der Waals surface area contributed by atoms with Crippen molar-refractivity contribution >= 4 is 13.3 Å². The molecule has 0 heterocycles. The third-order valence-electron chi connectivity index (χ3n) is 2.63. The van der Waals surface area contributed by atoms with Gasteiger partial charge in [0.15, 0.2) is 5.85 Å². The average Bonchev–Trinajstić information content (AvgIpc) is 2.38. The van der Waals surface area contributed by atoms with Crippen LogP contribution >= 0.6 is 7.60 Å². The summed E-state index contributed by atoms with van der Waals surface area (Å²) in [6.07, 6.45) is 0. The summed E-state index contributed by atoms with van der Waals surface area (Å²) in [5, 5.41) is 10.2. The first-order valence-corrected chi connectivity index (χ1v) is 7.90. The Bertz CT molecular complexity index is 423. The monoisotopic (exact) mass is 287 g/mol. The molecule has 0 amide bonds. The fraction of sp³-hybridized carbons (Fsp3) is 0.538. The molecule has 108 valence electrons. The van der Waals surface area contributed by atoms with Gasteiger partial charge in [0.1, 0.15) is 0 Å². The van der Waals surface area contributed by atoms with E-state index in [1.165, 1.54) is 0 Å².